The zero-order valence-electron chi connectivity index (χ0n) is 13.4. The highest BCUT2D eigenvalue weighted by Crippen LogP contribution is 2.31. The van der Waals surface area contributed by atoms with Gasteiger partial charge in [0.15, 0.2) is 0 Å². The molecule has 1 aromatic heterocycles. The molecular formula is C20H18N2O2. The van der Waals surface area contributed by atoms with Crippen LogP contribution in [0.4, 0.5) is 0 Å². The molecule has 0 saturated heterocycles. The number of aliphatic hydroxyl groups excluding tert-OH is 1. The average molecular weight is 318 g/mol. The van der Waals surface area contributed by atoms with Crippen LogP contribution in [0.15, 0.2) is 54.6 Å². The van der Waals surface area contributed by atoms with E-state index in [-0.39, 0.29) is 11.9 Å². The van der Waals surface area contributed by atoms with Crippen LogP contribution < -0.4 is 5.32 Å². The molecule has 0 aliphatic heterocycles. The number of amides is 1. The van der Waals surface area contributed by atoms with Gasteiger partial charge in [0, 0.05) is 23.1 Å². The van der Waals surface area contributed by atoms with Gasteiger partial charge in [-0.15, -0.1) is 0 Å². The highest BCUT2D eigenvalue weighted by atomic mass is 16.3. The summed E-state index contributed by atoms with van der Waals surface area (Å²) in [6.45, 7) is 1.94. The second-order valence-corrected chi connectivity index (χ2v) is 6.28. The predicted molar refractivity (Wildman–Crippen MR) is 92.8 cm³/mol. The zero-order chi connectivity index (χ0) is 16.7. The lowest BCUT2D eigenvalue weighted by Gasteiger charge is -2.18. The molecule has 4 heteroatoms. The number of aryl methyl sites for hydroxylation is 1. The number of aliphatic hydroxyl groups is 1. The predicted octanol–water partition coefficient (Wildman–Crippen LogP) is 2.93. The van der Waals surface area contributed by atoms with Crippen molar-refractivity contribution < 1.29 is 9.90 Å². The van der Waals surface area contributed by atoms with E-state index in [1.54, 1.807) is 6.07 Å². The quantitative estimate of drug-likeness (QED) is 0.763. The SMILES string of the molecule is Cc1ccc2cc(C(=O)NC3c4ccccc4CC3O)ccc2n1. The van der Waals surface area contributed by atoms with Gasteiger partial charge in [0.25, 0.3) is 5.91 Å². The third-order valence-electron chi connectivity index (χ3n) is 4.58. The summed E-state index contributed by atoms with van der Waals surface area (Å²) < 4.78 is 0. The van der Waals surface area contributed by atoms with Gasteiger partial charge in [0.05, 0.1) is 17.7 Å². The summed E-state index contributed by atoms with van der Waals surface area (Å²) in [4.78, 5) is 17.1. The fourth-order valence-corrected chi connectivity index (χ4v) is 3.34. The fourth-order valence-electron chi connectivity index (χ4n) is 3.34. The van der Waals surface area contributed by atoms with Crippen molar-refractivity contribution in [1.29, 1.82) is 0 Å². The number of pyridine rings is 1. The molecule has 0 bridgehead atoms. The van der Waals surface area contributed by atoms with E-state index < -0.39 is 6.10 Å². The van der Waals surface area contributed by atoms with Crippen LogP contribution in [0.5, 0.6) is 0 Å². The molecular weight excluding hydrogens is 300 g/mol. The number of aromatic nitrogens is 1. The van der Waals surface area contributed by atoms with Gasteiger partial charge in [-0.05, 0) is 42.3 Å². The van der Waals surface area contributed by atoms with Crippen LogP contribution in [0.2, 0.25) is 0 Å². The van der Waals surface area contributed by atoms with Gasteiger partial charge in [-0.2, -0.15) is 0 Å². The van der Waals surface area contributed by atoms with Crippen molar-refractivity contribution in [2.24, 2.45) is 0 Å². The molecule has 1 aliphatic carbocycles. The average Bonchev–Trinajstić information content (AvgIpc) is 2.90. The summed E-state index contributed by atoms with van der Waals surface area (Å²) in [7, 11) is 0. The molecule has 0 saturated carbocycles. The number of carbonyl (C=O) groups is 1. The molecule has 2 aromatic carbocycles. The molecule has 0 fully saturated rings. The van der Waals surface area contributed by atoms with Gasteiger partial charge in [0.2, 0.25) is 0 Å². The standard InChI is InChI=1S/C20H18N2O2/c1-12-6-7-14-10-15(8-9-17(14)21-12)20(24)22-19-16-5-3-2-4-13(16)11-18(19)23/h2-10,18-19,23H,11H2,1H3,(H,22,24). The Bertz CT molecular complexity index is 936. The highest BCUT2D eigenvalue weighted by molar-refractivity contribution is 5.98. The number of nitrogens with zero attached hydrogens (tertiary/aromatic N) is 1. The lowest BCUT2D eigenvalue weighted by atomic mass is 10.1. The second-order valence-electron chi connectivity index (χ2n) is 6.28. The van der Waals surface area contributed by atoms with Gasteiger partial charge in [-0.1, -0.05) is 30.3 Å². The van der Waals surface area contributed by atoms with E-state index in [1.807, 2.05) is 55.5 Å². The minimum Gasteiger partial charge on any atom is -0.390 e. The summed E-state index contributed by atoms with van der Waals surface area (Å²) in [6.07, 6.45) is -0.0155. The highest BCUT2D eigenvalue weighted by Gasteiger charge is 2.32. The summed E-state index contributed by atoms with van der Waals surface area (Å²) in [5, 5.41) is 14.2. The maximum Gasteiger partial charge on any atom is 0.251 e. The minimum atomic E-state index is -0.587. The van der Waals surface area contributed by atoms with Crippen LogP contribution in [0.25, 0.3) is 10.9 Å². The Hall–Kier alpha value is -2.72. The summed E-state index contributed by atoms with van der Waals surface area (Å²) >= 11 is 0. The van der Waals surface area contributed by atoms with E-state index in [2.05, 4.69) is 10.3 Å². The maximum absolute atomic E-state index is 12.6. The van der Waals surface area contributed by atoms with Gasteiger partial charge in [-0.25, -0.2) is 0 Å². The molecule has 2 N–H and O–H groups in total. The summed E-state index contributed by atoms with van der Waals surface area (Å²) in [6, 6.07) is 16.8. The molecule has 3 aromatic rings. The van der Waals surface area contributed by atoms with Crippen molar-refractivity contribution in [3.05, 3.63) is 77.0 Å². The number of carbonyl (C=O) groups excluding carboxylic acids is 1. The molecule has 1 heterocycles. The van der Waals surface area contributed by atoms with Gasteiger partial charge in [-0.3, -0.25) is 9.78 Å². The van der Waals surface area contributed by atoms with Crippen LogP contribution in [0.1, 0.15) is 33.2 Å². The topological polar surface area (TPSA) is 62.2 Å². The van der Waals surface area contributed by atoms with Crippen molar-refractivity contribution in [2.45, 2.75) is 25.5 Å². The first-order chi connectivity index (χ1) is 11.6. The minimum absolute atomic E-state index is 0.182. The third kappa shape index (κ3) is 2.55. The van der Waals surface area contributed by atoms with Crippen molar-refractivity contribution in [1.82, 2.24) is 10.3 Å². The molecule has 2 unspecified atom stereocenters. The molecule has 120 valence electrons. The largest absolute Gasteiger partial charge is 0.390 e. The molecule has 4 rings (SSSR count). The van der Waals surface area contributed by atoms with Crippen LogP contribution in [-0.4, -0.2) is 22.1 Å². The number of rotatable bonds is 2. The lowest BCUT2D eigenvalue weighted by molar-refractivity contribution is 0.0858. The fraction of sp³-hybridized carbons (Fsp3) is 0.200. The van der Waals surface area contributed by atoms with E-state index in [0.29, 0.717) is 12.0 Å². The van der Waals surface area contributed by atoms with Crippen LogP contribution in [0, 0.1) is 6.92 Å². The van der Waals surface area contributed by atoms with Crippen molar-refractivity contribution in [3.63, 3.8) is 0 Å². The third-order valence-corrected chi connectivity index (χ3v) is 4.58. The maximum atomic E-state index is 12.6. The normalized spacial score (nSPS) is 19.2. The Morgan fingerprint density at radius 2 is 2.00 bits per heavy atom. The molecule has 2 atom stereocenters. The Morgan fingerprint density at radius 3 is 2.88 bits per heavy atom. The summed E-state index contributed by atoms with van der Waals surface area (Å²) in [5.41, 5.74) is 4.48. The van der Waals surface area contributed by atoms with Gasteiger partial charge in [0.1, 0.15) is 0 Å². The lowest BCUT2D eigenvalue weighted by Crippen LogP contribution is -2.33. The Balaban J connectivity index is 1.61. The molecule has 1 aliphatic rings. The monoisotopic (exact) mass is 318 g/mol. The number of nitrogens with one attached hydrogen (secondary N) is 1. The number of benzene rings is 2. The molecule has 24 heavy (non-hydrogen) atoms. The Kier molecular flexibility index (Phi) is 3.54. The number of hydrogen-bond donors (Lipinski definition) is 2. The zero-order valence-corrected chi connectivity index (χ0v) is 13.4. The molecule has 0 spiro atoms. The van der Waals surface area contributed by atoms with Crippen LogP contribution >= 0.6 is 0 Å². The van der Waals surface area contributed by atoms with E-state index in [9.17, 15) is 9.90 Å². The van der Waals surface area contributed by atoms with Gasteiger partial charge < -0.3 is 10.4 Å². The molecule has 0 radical (unpaired) electrons. The smallest absolute Gasteiger partial charge is 0.251 e. The second kappa shape index (κ2) is 5.73. The first-order valence-electron chi connectivity index (χ1n) is 8.06. The van der Waals surface area contributed by atoms with Crippen molar-refractivity contribution in [2.75, 3.05) is 0 Å². The van der Waals surface area contributed by atoms with Crippen molar-refractivity contribution >= 4 is 16.8 Å². The van der Waals surface area contributed by atoms with Crippen LogP contribution in [0.3, 0.4) is 0 Å². The van der Waals surface area contributed by atoms with Crippen molar-refractivity contribution in [3.8, 4) is 0 Å². The Morgan fingerprint density at radius 1 is 1.17 bits per heavy atom. The Labute approximate surface area is 140 Å². The first kappa shape index (κ1) is 14.8. The number of hydrogen-bond acceptors (Lipinski definition) is 3. The van der Waals surface area contributed by atoms with E-state index in [1.165, 1.54) is 0 Å². The van der Waals surface area contributed by atoms with E-state index in [0.717, 1.165) is 27.7 Å². The first-order valence-corrected chi connectivity index (χ1v) is 8.06. The van der Waals surface area contributed by atoms with E-state index in [4.69, 9.17) is 0 Å². The molecule has 4 nitrogen and oxygen atoms in total. The van der Waals surface area contributed by atoms with Crippen LogP contribution in [-0.2, 0) is 6.42 Å². The summed E-state index contributed by atoms with van der Waals surface area (Å²) in [5.74, 6) is -0.182. The van der Waals surface area contributed by atoms with Gasteiger partial charge >= 0.3 is 0 Å². The number of fused-ring (bicyclic) bond motifs is 2. The van der Waals surface area contributed by atoms with E-state index >= 15 is 0 Å². The molecule has 1 amide bonds.